The fraction of sp³-hybridized carbons (Fsp3) is 0.0870. The van der Waals surface area contributed by atoms with Crippen LogP contribution in [0.2, 0.25) is 5.02 Å². The fourth-order valence-corrected chi connectivity index (χ4v) is 4.20. The van der Waals surface area contributed by atoms with Gasteiger partial charge in [-0.15, -0.1) is 0 Å². The lowest BCUT2D eigenvalue weighted by molar-refractivity contribution is 0.102. The highest BCUT2D eigenvalue weighted by Crippen LogP contribution is 2.37. The Hall–Kier alpha value is -2.80. The second-order valence-electron chi connectivity index (χ2n) is 6.57. The minimum Gasteiger partial charge on any atom is -0.495 e. The standard InChI is InChI=1S/C23H17BrClNO4/c1-29-22-18(10-13-4-2-3-5-16(13)21(22)24)23(28)26-14-6-8-19(25)17(11-14)20-9-7-15(12-27)30-20/h2-11,27H,12H2,1H3,(H,26,28). The van der Waals surface area contributed by atoms with Crippen LogP contribution in [0.15, 0.2) is 69.6 Å². The van der Waals surface area contributed by atoms with Crippen LogP contribution >= 0.6 is 27.5 Å². The maximum atomic E-state index is 13.1. The molecular weight excluding hydrogens is 470 g/mol. The molecule has 4 rings (SSSR count). The number of methoxy groups -OCH3 is 1. The summed E-state index contributed by atoms with van der Waals surface area (Å²) in [6.07, 6.45) is 0. The van der Waals surface area contributed by atoms with Crippen molar-refractivity contribution in [2.24, 2.45) is 0 Å². The third kappa shape index (κ3) is 3.81. The number of halogens is 2. The van der Waals surface area contributed by atoms with Crippen molar-refractivity contribution in [2.45, 2.75) is 6.61 Å². The van der Waals surface area contributed by atoms with E-state index in [4.69, 9.17) is 20.8 Å². The van der Waals surface area contributed by atoms with Gasteiger partial charge in [0, 0.05) is 11.3 Å². The predicted molar refractivity (Wildman–Crippen MR) is 121 cm³/mol. The lowest BCUT2D eigenvalue weighted by atomic mass is 10.0. The van der Waals surface area contributed by atoms with Gasteiger partial charge in [-0.2, -0.15) is 0 Å². The van der Waals surface area contributed by atoms with Crippen LogP contribution in [0, 0.1) is 0 Å². The number of hydrogen-bond donors (Lipinski definition) is 2. The first-order valence-electron chi connectivity index (χ1n) is 9.08. The Morgan fingerprint density at radius 2 is 1.97 bits per heavy atom. The first-order valence-corrected chi connectivity index (χ1v) is 10.2. The topological polar surface area (TPSA) is 71.7 Å². The van der Waals surface area contributed by atoms with Gasteiger partial charge in [0.25, 0.3) is 5.91 Å². The van der Waals surface area contributed by atoms with Crippen molar-refractivity contribution < 1.29 is 19.1 Å². The van der Waals surface area contributed by atoms with Gasteiger partial charge in [0.15, 0.2) is 0 Å². The molecule has 0 saturated carbocycles. The molecule has 0 aliphatic heterocycles. The van der Waals surface area contributed by atoms with E-state index >= 15 is 0 Å². The average molecular weight is 487 g/mol. The number of fused-ring (bicyclic) bond motifs is 1. The van der Waals surface area contributed by atoms with Crippen molar-refractivity contribution in [3.8, 4) is 17.1 Å². The Morgan fingerprint density at radius 1 is 1.17 bits per heavy atom. The summed E-state index contributed by atoms with van der Waals surface area (Å²) in [7, 11) is 1.53. The lowest BCUT2D eigenvalue weighted by Gasteiger charge is -2.14. The minimum absolute atomic E-state index is 0.204. The summed E-state index contributed by atoms with van der Waals surface area (Å²) in [4.78, 5) is 13.1. The SMILES string of the molecule is COc1c(C(=O)Nc2ccc(Cl)c(-c3ccc(CO)o3)c2)cc2ccccc2c1Br. The number of aliphatic hydroxyl groups excluding tert-OH is 1. The highest BCUT2D eigenvalue weighted by Gasteiger charge is 2.19. The van der Waals surface area contributed by atoms with Crippen LogP contribution in [-0.4, -0.2) is 18.1 Å². The molecule has 2 N–H and O–H groups in total. The minimum atomic E-state index is -0.318. The van der Waals surface area contributed by atoms with Gasteiger partial charge in [-0.1, -0.05) is 35.9 Å². The predicted octanol–water partition coefficient (Wildman–Crippen LogP) is 6.27. The summed E-state index contributed by atoms with van der Waals surface area (Å²) in [5, 5.41) is 14.4. The van der Waals surface area contributed by atoms with E-state index in [0.29, 0.717) is 39.1 Å². The Balaban J connectivity index is 1.70. The Kier molecular flexibility index (Phi) is 5.81. The molecule has 0 spiro atoms. The average Bonchev–Trinajstić information content (AvgIpc) is 3.24. The summed E-state index contributed by atoms with van der Waals surface area (Å²) >= 11 is 9.86. The first kappa shape index (κ1) is 20.5. The molecule has 3 aromatic carbocycles. The van der Waals surface area contributed by atoms with Gasteiger partial charge in [0.2, 0.25) is 0 Å². The second-order valence-corrected chi connectivity index (χ2v) is 7.77. The van der Waals surface area contributed by atoms with Gasteiger partial charge in [-0.3, -0.25) is 4.79 Å². The molecular formula is C23H17BrClNO4. The zero-order chi connectivity index (χ0) is 21.3. The van der Waals surface area contributed by atoms with Crippen LogP contribution in [0.1, 0.15) is 16.1 Å². The maximum Gasteiger partial charge on any atom is 0.259 e. The zero-order valence-electron chi connectivity index (χ0n) is 15.9. The van der Waals surface area contributed by atoms with E-state index in [9.17, 15) is 9.90 Å². The molecule has 30 heavy (non-hydrogen) atoms. The molecule has 0 aliphatic rings. The molecule has 5 nitrogen and oxygen atoms in total. The van der Waals surface area contributed by atoms with Crippen molar-refractivity contribution in [2.75, 3.05) is 12.4 Å². The van der Waals surface area contributed by atoms with Gasteiger partial charge in [-0.25, -0.2) is 0 Å². The molecule has 0 unspecified atom stereocenters. The molecule has 0 bridgehead atoms. The number of nitrogens with one attached hydrogen (secondary N) is 1. The number of amides is 1. The van der Waals surface area contributed by atoms with E-state index in [1.165, 1.54) is 7.11 Å². The Labute approximate surface area is 186 Å². The summed E-state index contributed by atoms with van der Waals surface area (Å²) in [5.74, 6) is 1.08. The number of anilines is 1. The van der Waals surface area contributed by atoms with Crippen LogP contribution in [0.5, 0.6) is 5.75 Å². The number of carbonyl (C=O) groups excluding carboxylic acids is 1. The van der Waals surface area contributed by atoms with E-state index in [-0.39, 0.29) is 12.5 Å². The molecule has 0 saturated heterocycles. The highest BCUT2D eigenvalue weighted by molar-refractivity contribution is 9.10. The van der Waals surface area contributed by atoms with Gasteiger partial charge in [0.05, 0.1) is 22.2 Å². The van der Waals surface area contributed by atoms with Crippen molar-refractivity contribution >= 4 is 49.9 Å². The van der Waals surface area contributed by atoms with Gasteiger partial charge in [-0.05, 0) is 63.1 Å². The molecule has 4 aromatic rings. The lowest BCUT2D eigenvalue weighted by Crippen LogP contribution is -2.13. The highest BCUT2D eigenvalue weighted by atomic mass is 79.9. The normalized spacial score (nSPS) is 10.9. The van der Waals surface area contributed by atoms with Crippen LogP contribution < -0.4 is 10.1 Å². The fourth-order valence-electron chi connectivity index (χ4n) is 3.25. The van der Waals surface area contributed by atoms with Crippen molar-refractivity contribution in [3.05, 3.63) is 81.5 Å². The zero-order valence-corrected chi connectivity index (χ0v) is 18.3. The molecule has 152 valence electrons. The van der Waals surface area contributed by atoms with E-state index < -0.39 is 0 Å². The number of benzene rings is 3. The quantitative estimate of drug-likeness (QED) is 0.349. The molecule has 0 fully saturated rings. The maximum absolute atomic E-state index is 13.1. The molecule has 1 aromatic heterocycles. The van der Waals surface area contributed by atoms with Crippen LogP contribution in [0.25, 0.3) is 22.1 Å². The number of carbonyl (C=O) groups is 1. The van der Waals surface area contributed by atoms with Crippen LogP contribution in [0.4, 0.5) is 5.69 Å². The summed E-state index contributed by atoms with van der Waals surface area (Å²) in [6.45, 7) is -0.204. The molecule has 0 aliphatic carbocycles. The molecule has 1 amide bonds. The van der Waals surface area contributed by atoms with Gasteiger partial charge < -0.3 is 19.6 Å². The molecule has 0 atom stereocenters. The molecule has 1 heterocycles. The number of rotatable bonds is 5. The third-order valence-corrected chi connectivity index (χ3v) is 5.81. The first-order chi connectivity index (χ1) is 14.5. The second kappa shape index (κ2) is 8.52. The number of aliphatic hydroxyl groups is 1. The van der Waals surface area contributed by atoms with Gasteiger partial charge in [0.1, 0.15) is 23.9 Å². The van der Waals surface area contributed by atoms with E-state index in [0.717, 1.165) is 15.2 Å². The Morgan fingerprint density at radius 3 is 2.70 bits per heavy atom. The summed E-state index contributed by atoms with van der Waals surface area (Å²) < 4.78 is 11.8. The van der Waals surface area contributed by atoms with E-state index in [1.807, 2.05) is 24.3 Å². The molecule has 7 heteroatoms. The Bertz CT molecular complexity index is 1250. The number of ether oxygens (including phenoxy) is 1. The number of furan rings is 1. The van der Waals surface area contributed by atoms with Crippen LogP contribution in [-0.2, 0) is 6.61 Å². The van der Waals surface area contributed by atoms with Crippen molar-refractivity contribution in [3.63, 3.8) is 0 Å². The number of hydrogen-bond acceptors (Lipinski definition) is 4. The smallest absolute Gasteiger partial charge is 0.259 e. The monoisotopic (exact) mass is 485 g/mol. The molecule has 0 radical (unpaired) electrons. The van der Waals surface area contributed by atoms with Gasteiger partial charge >= 0.3 is 0 Å². The summed E-state index contributed by atoms with van der Waals surface area (Å²) in [6, 6.07) is 18.1. The van der Waals surface area contributed by atoms with Crippen LogP contribution in [0.3, 0.4) is 0 Å². The van der Waals surface area contributed by atoms with E-state index in [2.05, 4.69) is 21.2 Å². The third-order valence-electron chi connectivity index (χ3n) is 4.70. The largest absolute Gasteiger partial charge is 0.495 e. The van der Waals surface area contributed by atoms with Crippen molar-refractivity contribution in [1.82, 2.24) is 0 Å². The summed E-state index contributed by atoms with van der Waals surface area (Å²) in [5.41, 5.74) is 1.56. The van der Waals surface area contributed by atoms with Crippen molar-refractivity contribution in [1.29, 1.82) is 0 Å². The van der Waals surface area contributed by atoms with E-state index in [1.54, 1.807) is 36.4 Å².